The lowest BCUT2D eigenvalue weighted by Crippen LogP contribution is -2.42. The van der Waals surface area contributed by atoms with E-state index in [0.29, 0.717) is 13.0 Å². The summed E-state index contributed by atoms with van der Waals surface area (Å²) in [5.41, 5.74) is 1.07. The molecule has 0 radical (unpaired) electrons. The topological polar surface area (TPSA) is 44.4 Å². The average Bonchev–Trinajstić information content (AvgIpc) is 2.72. The molecule has 2 aromatic carbocycles. The number of alkyl halides is 3. The van der Waals surface area contributed by atoms with Crippen LogP contribution in [0.1, 0.15) is 11.1 Å². The van der Waals surface area contributed by atoms with Crippen LogP contribution in [-0.2, 0) is 12.6 Å². The van der Waals surface area contributed by atoms with Gasteiger partial charge in [0.1, 0.15) is 0 Å². The van der Waals surface area contributed by atoms with Crippen LogP contribution in [0.3, 0.4) is 0 Å². The maximum absolute atomic E-state index is 12.8. The highest BCUT2D eigenvalue weighted by Gasteiger charge is 2.31. The summed E-state index contributed by atoms with van der Waals surface area (Å²) in [6.07, 6.45) is -3.89. The van der Waals surface area contributed by atoms with Crippen LogP contribution in [0.5, 0.6) is 0 Å². The van der Waals surface area contributed by atoms with Crippen molar-refractivity contribution in [3.05, 3.63) is 59.7 Å². The Morgan fingerprint density at radius 3 is 2.68 bits per heavy atom. The maximum Gasteiger partial charge on any atom is 0.416 e. The van der Waals surface area contributed by atoms with Gasteiger partial charge in [-0.25, -0.2) is 4.79 Å². The van der Waals surface area contributed by atoms with Gasteiger partial charge in [0.2, 0.25) is 0 Å². The Bertz CT molecular complexity index is 823. The molecule has 0 saturated carbocycles. The van der Waals surface area contributed by atoms with E-state index in [-0.39, 0.29) is 10.8 Å². The second-order valence-corrected chi connectivity index (χ2v) is 5.88. The summed E-state index contributed by atoms with van der Waals surface area (Å²) < 4.78 is 38.3. The van der Waals surface area contributed by atoms with Gasteiger partial charge in [0.05, 0.1) is 5.56 Å². The Hall–Kier alpha value is -2.61. The van der Waals surface area contributed by atoms with Gasteiger partial charge < -0.3 is 10.6 Å². The summed E-state index contributed by atoms with van der Waals surface area (Å²) >= 11 is 5.24. The lowest BCUT2D eigenvalue weighted by atomic mass is 10.1. The van der Waals surface area contributed by atoms with Crippen molar-refractivity contribution in [2.45, 2.75) is 12.6 Å². The standard InChI is InChI=1S/C17H14F3N3OS/c18-17(19,20)12-5-3-6-13(10-12)21-15(24)23-9-8-11-4-1-2-7-14(11)22-16(23)25/h1-7,10H,8-9H2,(H,21,24)(H,22,25). The Morgan fingerprint density at radius 2 is 1.92 bits per heavy atom. The molecule has 1 aliphatic rings. The lowest BCUT2D eigenvalue weighted by molar-refractivity contribution is -0.137. The molecule has 0 aromatic heterocycles. The molecule has 130 valence electrons. The number of anilines is 2. The van der Waals surface area contributed by atoms with E-state index in [1.807, 2.05) is 24.3 Å². The molecular weight excluding hydrogens is 351 g/mol. The first-order valence-corrected chi connectivity index (χ1v) is 7.90. The van der Waals surface area contributed by atoms with Gasteiger partial charge in [0, 0.05) is 17.9 Å². The first-order chi connectivity index (χ1) is 11.8. The molecular formula is C17H14F3N3OS. The first kappa shape index (κ1) is 17.2. The molecule has 2 aromatic rings. The predicted molar refractivity (Wildman–Crippen MR) is 93.5 cm³/mol. The van der Waals surface area contributed by atoms with E-state index in [9.17, 15) is 18.0 Å². The van der Waals surface area contributed by atoms with Crippen LogP contribution in [0.15, 0.2) is 48.5 Å². The van der Waals surface area contributed by atoms with Crippen molar-refractivity contribution in [1.29, 1.82) is 0 Å². The maximum atomic E-state index is 12.8. The van der Waals surface area contributed by atoms with Crippen molar-refractivity contribution in [3.63, 3.8) is 0 Å². The molecule has 0 fully saturated rings. The van der Waals surface area contributed by atoms with Gasteiger partial charge in [-0.2, -0.15) is 13.2 Å². The Morgan fingerprint density at radius 1 is 1.16 bits per heavy atom. The minimum atomic E-state index is -4.47. The van der Waals surface area contributed by atoms with Gasteiger partial charge in [-0.1, -0.05) is 24.3 Å². The lowest BCUT2D eigenvalue weighted by Gasteiger charge is -2.21. The zero-order valence-electron chi connectivity index (χ0n) is 12.9. The summed E-state index contributed by atoms with van der Waals surface area (Å²) in [5.74, 6) is 0. The van der Waals surface area contributed by atoms with Crippen molar-refractivity contribution >= 4 is 34.7 Å². The van der Waals surface area contributed by atoms with Crippen molar-refractivity contribution in [1.82, 2.24) is 4.90 Å². The minimum absolute atomic E-state index is 0.0596. The SMILES string of the molecule is O=C(Nc1cccc(C(F)(F)F)c1)N1CCc2ccccc2NC1=S. The smallest absolute Gasteiger partial charge is 0.332 e. The Labute approximate surface area is 147 Å². The fourth-order valence-electron chi connectivity index (χ4n) is 2.53. The summed E-state index contributed by atoms with van der Waals surface area (Å²) in [5, 5.41) is 5.66. The van der Waals surface area contributed by atoms with Crippen molar-refractivity contribution < 1.29 is 18.0 Å². The number of hydrogen-bond donors (Lipinski definition) is 2. The number of amides is 2. The highest BCUT2D eigenvalue weighted by molar-refractivity contribution is 7.80. The van der Waals surface area contributed by atoms with Gasteiger partial charge in [0.25, 0.3) is 0 Å². The molecule has 3 rings (SSSR count). The second-order valence-electron chi connectivity index (χ2n) is 5.50. The van der Waals surface area contributed by atoms with Gasteiger partial charge in [-0.15, -0.1) is 0 Å². The van der Waals surface area contributed by atoms with E-state index in [1.165, 1.54) is 17.0 Å². The molecule has 2 N–H and O–H groups in total. The number of carbonyl (C=O) groups is 1. The van der Waals surface area contributed by atoms with Crippen molar-refractivity contribution in [2.75, 3.05) is 17.2 Å². The zero-order chi connectivity index (χ0) is 18.0. The minimum Gasteiger partial charge on any atom is -0.332 e. The highest BCUT2D eigenvalue weighted by Crippen LogP contribution is 2.30. The molecule has 0 spiro atoms. The molecule has 0 atom stereocenters. The molecule has 1 aliphatic heterocycles. The second kappa shape index (κ2) is 6.72. The first-order valence-electron chi connectivity index (χ1n) is 7.49. The number of fused-ring (bicyclic) bond motifs is 1. The predicted octanol–water partition coefficient (Wildman–Crippen LogP) is 4.49. The number of para-hydroxylation sites is 1. The third-order valence-electron chi connectivity index (χ3n) is 3.80. The third kappa shape index (κ3) is 3.90. The summed E-state index contributed by atoms with van der Waals surface area (Å²) in [6, 6.07) is 11.4. The number of benzene rings is 2. The van der Waals surface area contributed by atoms with Crippen LogP contribution in [0.25, 0.3) is 0 Å². The van der Waals surface area contributed by atoms with Crippen LogP contribution in [0, 0.1) is 0 Å². The summed E-state index contributed by atoms with van der Waals surface area (Å²) in [4.78, 5) is 13.8. The van der Waals surface area contributed by atoms with Crippen LogP contribution in [-0.4, -0.2) is 22.6 Å². The molecule has 4 nitrogen and oxygen atoms in total. The third-order valence-corrected chi connectivity index (χ3v) is 4.12. The quantitative estimate of drug-likeness (QED) is 0.732. The number of halogens is 3. The number of carbonyl (C=O) groups excluding carboxylic acids is 1. The van der Waals surface area contributed by atoms with Crippen molar-refractivity contribution in [3.8, 4) is 0 Å². The fourth-order valence-corrected chi connectivity index (χ4v) is 2.82. The molecule has 8 heteroatoms. The zero-order valence-corrected chi connectivity index (χ0v) is 13.7. The number of thiocarbonyl (C=S) groups is 1. The van der Waals surface area contributed by atoms with Crippen LogP contribution >= 0.6 is 12.2 Å². The van der Waals surface area contributed by atoms with Gasteiger partial charge in [-0.05, 0) is 48.5 Å². The number of rotatable bonds is 1. The average molecular weight is 365 g/mol. The Balaban J connectivity index is 1.75. The van der Waals surface area contributed by atoms with E-state index in [0.717, 1.165) is 23.4 Å². The molecule has 0 saturated heterocycles. The molecule has 25 heavy (non-hydrogen) atoms. The Kier molecular flexibility index (Phi) is 4.63. The van der Waals surface area contributed by atoms with Crippen molar-refractivity contribution in [2.24, 2.45) is 0 Å². The van der Waals surface area contributed by atoms with Gasteiger partial charge in [0.15, 0.2) is 5.11 Å². The van der Waals surface area contributed by atoms with E-state index in [1.54, 1.807) is 0 Å². The summed E-state index contributed by atoms with van der Waals surface area (Å²) in [6.45, 7) is 0.327. The van der Waals surface area contributed by atoms with E-state index >= 15 is 0 Å². The number of hydrogen-bond acceptors (Lipinski definition) is 2. The van der Waals surface area contributed by atoms with Gasteiger partial charge in [-0.3, -0.25) is 4.90 Å². The normalized spacial score (nSPS) is 14.4. The number of nitrogens with one attached hydrogen (secondary N) is 2. The monoisotopic (exact) mass is 365 g/mol. The fraction of sp³-hybridized carbons (Fsp3) is 0.176. The van der Waals surface area contributed by atoms with Crippen LogP contribution in [0.2, 0.25) is 0 Å². The van der Waals surface area contributed by atoms with E-state index in [2.05, 4.69) is 10.6 Å². The molecule has 0 bridgehead atoms. The van der Waals surface area contributed by atoms with Crippen LogP contribution in [0.4, 0.5) is 29.3 Å². The number of nitrogens with zero attached hydrogens (tertiary/aromatic N) is 1. The molecule has 1 heterocycles. The van der Waals surface area contributed by atoms with Gasteiger partial charge >= 0.3 is 12.2 Å². The highest BCUT2D eigenvalue weighted by atomic mass is 32.1. The van der Waals surface area contributed by atoms with E-state index < -0.39 is 17.8 Å². The van der Waals surface area contributed by atoms with E-state index in [4.69, 9.17) is 12.2 Å². The molecule has 0 aliphatic carbocycles. The number of urea groups is 1. The largest absolute Gasteiger partial charge is 0.416 e. The molecule has 0 unspecified atom stereocenters. The molecule has 2 amide bonds. The summed E-state index contributed by atoms with van der Waals surface area (Å²) in [7, 11) is 0. The van der Waals surface area contributed by atoms with Crippen LogP contribution < -0.4 is 10.6 Å².